The Labute approximate surface area is 137 Å². The van der Waals surface area contributed by atoms with E-state index in [1.807, 2.05) is 0 Å². The van der Waals surface area contributed by atoms with E-state index >= 15 is 0 Å². The van der Waals surface area contributed by atoms with Gasteiger partial charge >= 0.3 is 11.9 Å². The highest BCUT2D eigenvalue weighted by molar-refractivity contribution is 5.99. The van der Waals surface area contributed by atoms with Crippen molar-refractivity contribution in [2.45, 2.75) is 64.9 Å². The van der Waals surface area contributed by atoms with Gasteiger partial charge in [-0.1, -0.05) is 12.8 Å². The van der Waals surface area contributed by atoms with Crippen LogP contribution < -0.4 is 0 Å². The fourth-order valence-corrected chi connectivity index (χ4v) is 2.69. The second-order valence-corrected chi connectivity index (χ2v) is 5.49. The molecule has 0 aromatic carbocycles. The summed E-state index contributed by atoms with van der Waals surface area (Å²) in [5.74, 6) is -0.110. The topological polar surface area (TPSA) is 78.9 Å². The Kier molecular flexibility index (Phi) is 8.37. The van der Waals surface area contributed by atoms with Gasteiger partial charge in [0.1, 0.15) is 5.76 Å². The second-order valence-electron chi connectivity index (χ2n) is 5.49. The highest BCUT2D eigenvalue weighted by Gasteiger charge is 2.35. The van der Waals surface area contributed by atoms with Crippen molar-refractivity contribution in [2.75, 3.05) is 13.7 Å². The van der Waals surface area contributed by atoms with E-state index in [2.05, 4.69) is 0 Å². The number of allylic oxidation sites excluding steroid dienone is 1. The van der Waals surface area contributed by atoms with Crippen molar-refractivity contribution in [1.82, 2.24) is 0 Å². The molecule has 0 spiro atoms. The van der Waals surface area contributed by atoms with E-state index in [1.54, 1.807) is 6.92 Å². The molecule has 1 aliphatic rings. The van der Waals surface area contributed by atoms with Crippen LogP contribution in [0.4, 0.5) is 0 Å². The zero-order chi connectivity index (χ0) is 17.2. The van der Waals surface area contributed by atoms with Crippen molar-refractivity contribution < 1.29 is 28.6 Å². The van der Waals surface area contributed by atoms with E-state index in [0.29, 0.717) is 30.8 Å². The van der Waals surface area contributed by atoms with Gasteiger partial charge in [-0.2, -0.15) is 0 Å². The molecule has 0 fully saturated rings. The summed E-state index contributed by atoms with van der Waals surface area (Å²) >= 11 is 0. The minimum Gasteiger partial charge on any atom is -0.497 e. The Balaban J connectivity index is 2.35. The quantitative estimate of drug-likeness (QED) is 0.454. The molecule has 0 saturated carbocycles. The van der Waals surface area contributed by atoms with Crippen molar-refractivity contribution in [2.24, 2.45) is 0 Å². The SMILES string of the molecule is CCOC(=O)CCCCCCC1=C(OC)C(OC(C)=O)CC1=O. The molecule has 1 aliphatic carbocycles. The summed E-state index contributed by atoms with van der Waals surface area (Å²) in [5, 5.41) is 0. The van der Waals surface area contributed by atoms with Crippen molar-refractivity contribution in [1.29, 1.82) is 0 Å². The average Bonchev–Trinajstić information content (AvgIpc) is 2.77. The number of hydrogen-bond acceptors (Lipinski definition) is 6. The van der Waals surface area contributed by atoms with Crippen LogP contribution in [-0.4, -0.2) is 37.5 Å². The molecule has 0 aromatic heterocycles. The van der Waals surface area contributed by atoms with Crippen LogP contribution in [0, 0.1) is 0 Å². The lowest BCUT2D eigenvalue weighted by molar-refractivity contribution is -0.146. The summed E-state index contributed by atoms with van der Waals surface area (Å²) in [6.45, 7) is 3.53. The lowest BCUT2D eigenvalue weighted by Gasteiger charge is -2.13. The Morgan fingerprint density at radius 2 is 1.87 bits per heavy atom. The largest absolute Gasteiger partial charge is 0.497 e. The Morgan fingerprint density at radius 3 is 2.48 bits per heavy atom. The predicted octanol–water partition coefficient (Wildman–Crippen LogP) is 2.70. The number of esters is 2. The van der Waals surface area contributed by atoms with Crippen LogP contribution in [0.1, 0.15) is 58.8 Å². The molecule has 0 amide bonds. The van der Waals surface area contributed by atoms with Crippen molar-refractivity contribution in [3.05, 3.63) is 11.3 Å². The van der Waals surface area contributed by atoms with Gasteiger partial charge < -0.3 is 14.2 Å². The minimum absolute atomic E-state index is 0.0142. The average molecular weight is 326 g/mol. The third kappa shape index (κ3) is 6.42. The standard InChI is InChI=1S/C17H26O6/c1-4-22-16(20)10-8-6-5-7-9-13-14(19)11-15(17(13)21-3)23-12(2)18/h15H,4-11H2,1-3H3. The van der Waals surface area contributed by atoms with Gasteiger partial charge in [-0.05, 0) is 26.2 Å². The lowest BCUT2D eigenvalue weighted by Crippen LogP contribution is -2.17. The summed E-state index contributed by atoms with van der Waals surface area (Å²) in [7, 11) is 1.49. The first-order valence-corrected chi connectivity index (χ1v) is 8.12. The molecule has 1 atom stereocenters. The van der Waals surface area contributed by atoms with Gasteiger partial charge in [-0.3, -0.25) is 14.4 Å². The predicted molar refractivity (Wildman–Crippen MR) is 83.5 cm³/mol. The van der Waals surface area contributed by atoms with Crippen LogP contribution in [0.15, 0.2) is 11.3 Å². The van der Waals surface area contributed by atoms with Crippen LogP contribution in [0.25, 0.3) is 0 Å². The number of rotatable bonds is 10. The first kappa shape index (κ1) is 19.2. The van der Waals surface area contributed by atoms with Crippen LogP contribution >= 0.6 is 0 Å². The highest BCUT2D eigenvalue weighted by atomic mass is 16.6. The molecule has 1 rings (SSSR count). The fourth-order valence-electron chi connectivity index (χ4n) is 2.69. The zero-order valence-corrected chi connectivity index (χ0v) is 14.2. The molecule has 0 radical (unpaired) electrons. The number of unbranched alkanes of at least 4 members (excludes halogenated alkanes) is 3. The Bertz CT molecular complexity index is 466. The van der Waals surface area contributed by atoms with Gasteiger partial charge in [-0.15, -0.1) is 0 Å². The molecule has 130 valence electrons. The molecular weight excluding hydrogens is 300 g/mol. The number of Topliss-reactive ketones (excluding diaryl/α,β-unsaturated/α-hetero) is 1. The molecule has 0 aromatic rings. The van der Waals surface area contributed by atoms with E-state index in [9.17, 15) is 14.4 Å². The van der Waals surface area contributed by atoms with Crippen LogP contribution in [0.5, 0.6) is 0 Å². The molecule has 23 heavy (non-hydrogen) atoms. The number of ketones is 1. The van der Waals surface area contributed by atoms with Gasteiger partial charge in [0.05, 0.1) is 20.1 Å². The van der Waals surface area contributed by atoms with Crippen LogP contribution in [0.2, 0.25) is 0 Å². The smallest absolute Gasteiger partial charge is 0.305 e. The van der Waals surface area contributed by atoms with Crippen LogP contribution in [0.3, 0.4) is 0 Å². The molecule has 0 bridgehead atoms. The van der Waals surface area contributed by atoms with E-state index in [4.69, 9.17) is 14.2 Å². The van der Waals surface area contributed by atoms with Crippen LogP contribution in [-0.2, 0) is 28.6 Å². The van der Waals surface area contributed by atoms with Crippen molar-refractivity contribution in [3.63, 3.8) is 0 Å². The Morgan fingerprint density at radius 1 is 1.17 bits per heavy atom. The first-order valence-electron chi connectivity index (χ1n) is 8.12. The number of hydrogen-bond donors (Lipinski definition) is 0. The van der Waals surface area contributed by atoms with Crippen molar-refractivity contribution in [3.8, 4) is 0 Å². The van der Waals surface area contributed by atoms with E-state index < -0.39 is 12.1 Å². The summed E-state index contributed by atoms with van der Waals surface area (Å²) in [6, 6.07) is 0. The summed E-state index contributed by atoms with van der Waals surface area (Å²) in [6.07, 6.45) is 4.10. The first-order chi connectivity index (χ1) is 11.0. The number of ether oxygens (including phenoxy) is 3. The maximum Gasteiger partial charge on any atom is 0.305 e. The van der Waals surface area contributed by atoms with E-state index in [1.165, 1.54) is 14.0 Å². The monoisotopic (exact) mass is 326 g/mol. The molecule has 0 saturated heterocycles. The lowest BCUT2D eigenvalue weighted by atomic mass is 10.0. The van der Waals surface area contributed by atoms with E-state index in [-0.39, 0.29) is 18.2 Å². The molecule has 6 heteroatoms. The summed E-state index contributed by atoms with van der Waals surface area (Å²) in [5.41, 5.74) is 0.629. The molecule has 0 aliphatic heterocycles. The van der Waals surface area contributed by atoms with Gasteiger partial charge in [-0.25, -0.2) is 0 Å². The Hall–Kier alpha value is -1.85. The maximum atomic E-state index is 12.0. The fraction of sp³-hybridized carbons (Fsp3) is 0.706. The summed E-state index contributed by atoms with van der Waals surface area (Å²) in [4.78, 5) is 34.3. The highest BCUT2D eigenvalue weighted by Crippen LogP contribution is 2.30. The molecule has 1 unspecified atom stereocenters. The molecule has 6 nitrogen and oxygen atoms in total. The number of methoxy groups -OCH3 is 1. The summed E-state index contributed by atoms with van der Waals surface area (Å²) < 4.78 is 15.2. The third-order valence-corrected chi connectivity index (χ3v) is 3.69. The number of carbonyl (C=O) groups is 3. The molecule has 0 N–H and O–H groups in total. The normalized spacial score (nSPS) is 17.3. The zero-order valence-electron chi connectivity index (χ0n) is 14.2. The van der Waals surface area contributed by atoms with Gasteiger partial charge in [0.2, 0.25) is 0 Å². The van der Waals surface area contributed by atoms with Gasteiger partial charge in [0.15, 0.2) is 11.9 Å². The second kappa shape index (κ2) is 10.0. The van der Waals surface area contributed by atoms with Crippen molar-refractivity contribution >= 4 is 17.7 Å². The minimum atomic E-state index is -0.580. The maximum absolute atomic E-state index is 12.0. The third-order valence-electron chi connectivity index (χ3n) is 3.69. The molecule has 0 heterocycles. The van der Waals surface area contributed by atoms with Gasteiger partial charge in [0, 0.05) is 18.9 Å². The molecular formula is C17H26O6. The van der Waals surface area contributed by atoms with E-state index in [0.717, 1.165) is 25.7 Å². The van der Waals surface area contributed by atoms with Gasteiger partial charge in [0.25, 0.3) is 0 Å². The number of carbonyl (C=O) groups excluding carboxylic acids is 3.